The van der Waals surface area contributed by atoms with Crippen LogP contribution in [0, 0.1) is 0 Å². The van der Waals surface area contributed by atoms with Crippen LogP contribution in [0.4, 0.5) is 0 Å². The van der Waals surface area contributed by atoms with Gasteiger partial charge in [-0.1, -0.05) is 200 Å². The van der Waals surface area contributed by atoms with Crippen LogP contribution in [-0.2, 0) is 25.9 Å². The number of ether oxygens (including phenoxy) is 2. The zero-order valence-electron chi connectivity index (χ0n) is 37.5. The van der Waals surface area contributed by atoms with E-state index < -0.39 is 21.8 Å². The largest absolute Gasteiger partial charge is 0.343 e. The van der Waals surface area contributed by atoms with Crippen LogP contribution in [0.25, 0.3) is 32.7 Å². The van der Waals surface area contributed by atoms with Gasteiger partial charge in [-0.25, -0.2) is 13.0 Å². The molecule has 0 spiro atoms. The molecule has 0 amide bonds. The molecule has 2 atom stereocenters. The summed E-state index contributed by atoms with van der Waals surface area (Å²) < 4.78 is 39.4. The SMILES string of the molecule is CC1(C)OC[C@H]([N+]2=Cc3ccc4ccccc4c3-c3c(ccc4ccccc34)C2)[C@H](c2ccc(S(C)(=O)=O)cc2)O1.c1ccc([B-](c2ccccc2)(c2ccccc2)c2ccccc2)cc1. The zero-order chi connectivity index (χ0) is 45.3. The Hall–Kier alpha value is -6.90. The predicted octanol–water partition coefficient (Wildman–Crippen LogP) is 9.97. The third-order valence-corrected chi connectivity index (χ3v) is 14.6. The smallest absolute Gasteiger partial charge is 0.206 e. The lowest BCUT2D eigenvalue weighted by Crippen LogP contribution is -2.74. The van der Waals surface area contributed by atoms with E-state index in [1.54, 1.807) is 12.1 Å². The highest BCUT2D eigenvalue weighted by Gasteiger charge is 2.44. The van der Waals surface area contributed by atoms with Crippen LogP contribution in [0.5, 0.6) is 0 Å². The molecule has 7 heteroatoms. The monoisotopic (exact) mass is 881 g/mol. The van der Waals surface area contributed by atoms with Gasteiger partial charge in [-0.05, 0) is 59.2 Å². The van der Waals surface area contributed by atoms with Gasteiger partial charge in [0, 0.05) is 28.5 Å². The Morgan fingerprint density at radius 1 is 0.530 bits per heavy atom. The molecule has 66 heavy (non-hydrogen) atoms. The van der Waals surface area contributed by atoms with E-state index in [1.165, 1.54) is 66.3 Å². The molecule has 0 aliphatic carbocycles. The van der Waals surface area contributed by atoms with Crippen molar-refractivity contribution < 1.29 is 22.5 Å². The van der Waals surface area contributed by atoms with Gasteiger partial charge in [0.25, 0.3) is 0 Å². The Kier molecular flexibility index (Phi) is 11.6. The number of hydrogen-bond acceptors (Lipinski definition) is 4. The van der Waals surface area contributed by atoms with Crippen LogP contribution in [0.15, 0.2) is 223 Å². The Bertz CT molecular complexity index is 3140. The molecule has 9 aromatic rings. The average molecular weight is 882 g/mol. The number of nitrogens with zero attached hydrogens (tertiary/aromatic N) is 1. The van der Waals surface area contributed by atoms with Crippen LogP contribution in [-0.4, -0.2) is 50.0 Å². The van der Waals surface area contributed by atoms with Crippen molar-refractivity contribution in [2.24, 2.45) is 0 Å². The Morgan fingerprint density at radius 2 is 0.985 bits per heavy atom. The zero-order valence-corrected chi connectivity index (χ0v) is 38.3. The molecule has 2 heterocycles. The molecular weight excluding hydrogens is 830 g/mol. The van der Waals surface area contributed by atoms with E-state index in [0.717, 1.165) is 11.1 Å². The van der Waals surface area contributed by atoms with Gasteiger partial charge in [-0.3, -0.25) is 0 Å². The molecule has 0 aromatic heterocycles. The van der Waals surface area contributed by atoms with Gasteiger partial charge in [-0.15, -0.1) is 0 Å². The van der Waals surface area contributed by atoms with Crippen molar-refractivity contribution in [1.82, 2.24) is 0 Å². The summed E-state index contributed by atoms with van der Waals surface area (Å²) in [5, 5.41) is 4.89. The summed E-state index contributed by atoms with van der Waals surface area (Å²) in [4.78, 5) is 0.298. The van der Waals surface area contributed by atoms with E-state index in [-0.39, 0.29) is 12.1 Å². The van der Waals surface area contributed by atoms with Crippen LogP contribution in [0.2, 0.25) is 0 Å². The number of rotatable bonds is 7. The standard InChI is InChI=1S/C35H32NO4S.C24H20B/c1-35(2)39-22-31(34(40-35)25-16-18-28(19-17-25)41(3,37)38)36-20-26-14-12-23-8-4-6-10-29(23)32(26)33-27(21-36)15-13-24-9-5-7-11-30(24)33;1-5-13-21(14-6-1)25(22-15-7-2-8-16-22,23-17-9-3-10-18-23)24-19-11-4-12-20-24/h4-20,31,34H,21-22H2,1-3H3;1-20H/q+1;-1/t31-,34-;/m0./s1. The van der Waals surface area contributed by atoms with Crippen molar-refractivity contribution in [3.05, 3.63) is 235 Å². The van der Waals surface area contributed by atoms with Crippen molar-refractivity contribution >= 4 is 65.6 Å². The van der Waals surface area contributed by atoms with Gasteiger partial charge in [0.05, 0.1) is 4.90 Å². The van der Waals surface area contributed by atoms with E-state index in [2.05, 4.69) is 205 Å². The molecule has 0 N–H and O–H groups in total. The highest BCUT2D eigenvalue weighted by molar-refractivity contribution is 7.90. The first-order valence-corrected chi connectivity index (χ1v) is 24.6. The third-order valence-electron chi connectivity index (χ3n) is 13.5. The van der Waals surface area contributed by atoms with E-state index in [0.29, 0.717) is 18.0 Å². The van der Waals surface area contributed by atoms with Crippen LogP contribution in [0.3, 0.4) is 0 Å². The maximum absolute atomic E-state index is 12.1. The van der Waals surface area contributed by atoms with Crippen molar-refractivity contribution in [3.8, 4) is 11.1 Å². The molecule has 0 bridgehead atoms. The Morgan fingerprint density at radius 3 is 1.48 bits per heavy atom. The normalized spacial score (nSPS) is 16.8. The molecule has 0 saturated carbocycles. The Balaban J connectivity index is 0.000000175. The molecule has 326 valence electrons. The summed E-state index contributed by atoms with van der Waals surface area (Å²) >= 11 is 0. The fraction of sp³-hybridized carbons (Fsp3) is 0.136. The van der Waals surface area contributed by atoms with E-state index >= 15 is 0 Å². The van der Waals surface area contributed by atoms with Crippen molar-refractivity contribution in [2.45, 2.75) is 43.2 Å². The van der Waals surface area contributed by atoms with Gasteiger partial charge in [0.15, 0.2) is 28.4 Å². The van der Waals surface area contributed by atoms with Crippen LogP contribution < -0.4 is 21.9 Å². The molecule has 11 rings (SSSR count). The van der Waals surface area contributed by atoms with E-state index in [4.69, 9.17) is 9.47 Å². The fourth-order valence-corrected chi connectivity index (χ4v) is 11.1. The van der Waals surface area contributed by atoms with E-state index in [1.807, 2.05) is 26.0 Å². The quantitative estimate of drug-likeness (QED) is 0.118. The fourth-order valence-electron chi connectivity index (χ4n) is 10.4. The van der Waals surface area contributed by atoms with Gasteiger partial charge in [-0.2, -0.15) is 21.9 Å². The molecule has 1 saturated heterocycles. The highest BCUT2D eigenvalue weighted by Crippen LogP contribution is 2.42. The number of hydrogen-bond donors (Lipinski definition) is 0. The molecule has 5 nitrogen and oxygen atoms in total. The second-order valence-corrected chi connectivity index (χ2v) is 20.1. The lowest BCUT2D eigenvalue weighted by atomic mass is 9.13. The van der Waals surface area contributed by atoms with Gasteiger partial charge < -0.3 is 9.47 Å². The molecule has 0 unspecified atom stereocenters. The summed E-state index contributed by atoms with van der Waals surface area (Å²) in [5.41, 5.74) is 11.2. The molecular formula is C59H52BNO4S. The van der Waals surface area contributed by atoms with Gasteiger partial charge >= 0.3 is 0 Å². The first-order chi connectivity index (χ1) is 32.1. The minimum atomic E-state index is -3.30. The summed E-state index contributed by atoms with van der Waals surface area (Å²) in [6, 6.07) is 76.5. The topological polar surface area (TPSA) is 55.6 Å². The molecule has 0 radical (unpaired) electrons. The second kappa shape index (κ2) is 17.8. The predicted molar refractivity (Wildman–Crippen MR) is 273 cm³/mol. The van der Waals surface area contributed by atoms with Gasteiger partial charge in [0.2, 0.25) is 6.04 Å². The first-order valence-electron chi connectivity index (χ1n) is 22.7. The summed E-state index contributed by atoms with van der Waals surface area (Å²) in [6.07, 6.45) is 1.94. The highest BCUT2D eigenvalue weighted by atomic mass is 32.2. The summed E-state index contributed by atoms with van der Waals surface area (Å²) in [5.74, 6) is -0.773. The molecule has 1 fully saturated rings. The van der Waals surface area contributed by atoms with Crippen LogP contribution in [0.1, 0.15) is 36.6 Å². The molecule has 2 aliphatic rings. The summed E-state index contributed by atoms with van der Waals surface area (Å²) in [6.45, 7) is 5.00. The van der Waals surface area contributed by atoms with Crippen molar-refractivity contribution in [3.63, 3.8) is 0 Å². The Labute approximate surface area is 388 Å². The van der Waals surface area contributed by atoms with Crippen molar-refractivity contribution in [1.29, 1.82) is 0 Å². The molecule has 9 aromatic carbocycles. The third kappa shape index (κ3) is 8.19. The lowest BCUT2D eigenvalue weighted by molar-refractivity contribution is -0.607. The van der Waals surface area contributed by atoms with Crippen LogP contribution >= 0.6 is 0 Å². The minimum absolute atomic E-state index is 0.135. The number of benzene rings is 9. The number of fused-ring (bicyclic) bond motifs is 7. The number of sulfone groups is 1. The van der Waals surface area contributed by atoms with Crippen molar-refractivity contribution in [2.75, 3.05) is 12.9 Å². The van der Waals surface area contributed by atoms with Gasteiger partial charge in [0.1, 0.15) is 18.9 Å². The molecule has 2 aliphatic heterocycles. The first kappa shape index (κ1) is 43.0. The maximum atomic E-state index is 12.1. The minimum Gasteiger partial charge on any atom is -0.343 e. The lowest BCUT2D eigenvalue weighted by Gasteiger charge is -2.44. The van der Waals surface area contributed by atoms with E-state index in [9.17, 15) is 8.42 Å². The maximum Gasteiger partial charge on any atom is 0.206 e. The average Bonchev–Trinajstić information content (AvgIpc) is 3.53. The summed E-state index contributed by atoms with van der Waals surface area (Å²) in [7, 11) is -3.30. The second-order valence-electron chi connectivity index (χ2n) is 18.0.